The lowest BCUT2D eigenvalue weighted by Crippen LogP contribution is -2.42. The van der Waals surface area contributed by atoms with Crippen LogP contribution in [-0.2, 0) is 4.74 Å². The number of hydrogen-bond donors (Lipinski definition) is 2. The van der Waals surface area contributed by atoms with Crippen LogP contribution in [0.1, 0.15) is 41.0 Å². The molecule has 0 saturated heterocycles. The van der Waals surface area contributed by atoms with Crippen LogP contribution in [0.3, 0.4) is 0 Å². The van der Waals surface area contributed by atoms with E-state index in [-0.39, 0.29) is 18.1 Å². The number of ether oxygens (including phenoxy) is 2. The number of nitrogens with one attached hydrogen (secondary N) is 2. The highest BCUT2D eigenvalue weighted by Gasteiger charge is 2.26. The van der Waals surface area contributed by atoms with E-state index >= 15 is 0 Å². The van der Waals surface area contributed by atoms with E-state index in [0.717, 1.165) is 28.9 Å². The normalized spacial score (nSPS) is 17.3. The number of carbonyl (C=O) groups excluding carboxylic acids is 1. The summed E-state index contributed by atoms with van der Waals surface area (Å²) in [6.07, 6.45) is 2.32. The topological polar surface area (TPSA) is 72.7 Å². The molecule has 2 atom stereocenters. The smallest absolute Gasteiger partial charge is 0.315 e. The third-order valence-corrected chi connectivity index (χ3v) is 4.31. The summed E-state index contributed by atoms with van der Waals surface area (Å²) in [6.45, 7) is 5.00. The summed E-state index contributed by atoms with van der Waals surface area (Å²) < 4.78 is 16.4. The molecule has 0 saturated carbocycles. The van der Waals surface area contributed by atoms with E-state index < -0.39 is 0 Å². The maximum Gasteiger partial charge on any atom is 0.315 e. The highest BCUT2D eigenvalue weighted by molar-refractivity contribution is 5.75. The molecule has 2 N–H and O–H groups in total. The fraction of sp³-hybridized carbons (Fsp3) is 0.421. The third kappa shape index (κ3) is 3.96. The molecule has 3 rings (SSSR count). The lowest BCUT2D eigenvalue weighted by molar-refractivity contribution is 0.155. The second kappa shape index (κ2) is 7.61. The van der Waals surface area contributed by atoms with Crippen LogP contribution in [0.4, 0.5) is 4.79 Å². The van der Waals surface area contributed by atoms with Crippen molar-refractivity contribution in [3.63, 3.8) is 0 Å². The number of aryl methyl sites for hydroxylation is 2. The van der Waals surface area contributed by atoms with Crippen molar-refractivity contribution in [2.45, 2.75) is 32.4 Å². The van der Waals surface area contributed by atoms with Gasteiger partial charge in [0.15, 0.2) is 0 Å². The zero-order valence-electron chi connectivity index (χ0n) is 14.8. The van der Waals surface area contributed by atoms with Crippen LogP contribution in [0, 0.1) is 13.8 Å². The number of furan rings is 1. The Kier molecular flexibility index (Phi) is 5.28. The molecule has 25 heavy (non-hydrogen) atoms. The Hall–Kier alpha value is -2.47. The average Bonchev–Trinajstić information content (AvgIpc) is 3.09. The predicted octanol–water partition coefficient (Wildman–Crippen LogP) is 3.41. The van der Waals surface area contributed by atoms with Crippen LogP contribution in [0.5, 0.6) is 5.75 Å². The number of carbonyl (C=O) groups is 1. The van der Waals surface area contributed by atoms with Gasteiger partial charge >= 0.3 is 6.03 Å². The van der Waals surface area contributed by atoms with E-state index in [1.54, 1.807) is 19.4 Å². The number of benzene rings is 1. The average molecular weight is 344 g/mol. The zero-order chi connectivity index (χ0) is 17.8. The summed E-state index contributed by atoms with van der Waals surface area (Å²) in [7, 11) is 1.59. The van der Waals surface area contributed by atoms with E-state index in [1.807, 2.05) is 19.9 Å². The first-order valence-corrected chi connectivity index (χ1v) is 8.41. The minimum atomic E-state index is -0.335. The molecule has 0 aliphatic carbocycles. The highest BCUT2D eigenvalue weighted by Crippen LogP contribution is 2.35. The van der Waals surface area contributed by atoms with E-state index in [0.29, 0.717) is 19.0 Å². The van der Waals surface area contributed by atoms with Gasteiger partial charge in [-0.1, -0.05) is 17.7 Å². The summed E-state index contributed by atoms with van der Waals surface area (Å²) in [4.78, 5) is 12.5. The summed E-state index contributed by atoms with van der Waals surface area (Å²) >= 11 is 0. The molecule has 1 aliphatic heterocycles. The second-order valence-electron chi connectivity index (χ2n) is 6.33. The molecule has 6 heteroatoms. The minimum absolute atomic E-state index is 0.0813. The number of hydrogen-bond acceptors (Lipinski definition) is 4. The van der Waals surface area contributed by atoms with E-state index in [1.165, 1.54) is 0 Å². The molecule has 1 aromatic carbocycles. The van der Waals surface area contributed by atoms with Crippen LogP contribution in [0.15, 0.2) is 34.9 Å². The van der Waals surface area contributed by atoms with Crippen LogP contribution in [0.25, 0.3) is 0 Å². The summed E-state index contributed by atoms with van der Waals surface area (Å²) in [5, 5.41) is 5.97. The van der Waals surface area contributed by atoms with E-state index in [4.69, 9.17) is 13.9 Å². The fourth-order valence-electron chi connectivity index (χ4n) is 3.24. The van der Waals surface area contributed by atoms with Crippen molar-refractivity contribution in [2.24, 2.45) is 0 Å². The van der Waals surface area contributed by atoms with Gasteiger partial charge in [-0.05, 0) is 31.5 Å². The molecule has 2 unspecified atom stereocenters. The van der Waals surface area contributed by atoms with E-state index in [2.05, 4.69) is 22.8 Å². The highest BCUT2D eigenvalue weighted by atomic mass is 16.5. The molecular weight excluding hydrogens is 320 g/mol. The molecule has 1 aromatic heterocycles. The quantitative estimate of drug-likeness (QED) is 0.872. The van der Waals surface area contributed by atoms with Crippen molar-refractivity contribution < 1.29 is 18.7 Å². The molecule has 2 heterocycles. The number of urea groups is 1. The van der Waals surface area contributed by atoms with Gasteiger partial charge in [0.2, 0.25) is 0 Å². The number of rotatable bonds is 5. The zero-order valence-corrected chi connectivity index (χ0v) is 14.8. The van der Waals surface area contributed by atoms with Crippen LogP contribution >= 0.6 is 0 Å². The SMILES string of the molecule is COCC(NC(=O)NC1CCOc2c(C)cc(C)cc21)c1ccco1. The molecule has 0 bridgehead atoms. The first-order chi connectivity index (χ1) is 12.1. The van der Waals surface area contributed by atoms with Gasteiger partial charge in [-0.2, -0.15) is 0 Å². The molecule has 134 valence electrons. The monoisotopic (exact) mass is 344 g/mol. The molecule has 0 spiro atoms. The number of fused-ring (bicyclic) bond motifs is 1. The van der Waals surface area contributed by atoms with Crippen LogP contribution < -0.4 is 15.4 Å². The Morgan fingerprint density at radius 3 is 2.96 bits per heavy atom. The molecule has 0 radical (unpaired) electrons. The maximum atomic E-state index is 12.5. The lowest BCUT2D eigenvalue weighted by Gasteiger charge is -2.29. The van der Waals surface area contributed by atoms with Gasteiger partial charge in [0, 0.05) is 19.1 Å². The minimum Gasteiger partial charge on any atom is -0.493 e. The van der Waals surface area contributed by atoms with Gasteiger partial charge in [0.1, 0.15) is 17.6 Å². The lowest BCUT2D eigenvalue weighted by atomic mass is 9.96. The summed E-state index contributed by atoms with van der Waals surface area (Å²) in [6, 6.07) is 7.10. The molecule has 2 aromatic rings. The summed E-state index contributed by atoms with van der Waals surface area (Å²) in [5.74, 6) is 1.54. The first-order valence-electron chi connectivity index (χ1n) is 8.41. The Morgan fingerprint density at radius 2 is 2.24 bits per heavy atom. The van der Waals surface area contributed by atoms with E-state index in [9.17, 15) is 4.79 Å². The maximum absolute atomic E-state index is 12.5. The van der Waals surface area contributed by atoms with Crippen LogP contribution in [-0.4, -0.2) is 26.4 Å². The van der Waals surface area contributed by atoms with Crippen molar-refractivity contribution in [2.75, 3.05) is 20.3 Å². The molecule has 2 amide bonds. The van der Waals surface area contributed by atoms with Gasteiger partial charge in [-0.3, -0.25) is 0 Å². The standard InChI is InChI=1S/C19H24N2O4/c1-12-9-13(2)18-14(10-12)15(6-8-25-18)20-19(22)21-16(11-23-3)17-5-4-7-24-17/h4-5,7,9-10,15-16H,6,8,11H2,1-3H3,(H2,20,21,22). The first kappa shape index (κ1) is 17.4. The largest absolute Gasteiger partial charge is 0.493 e. The van der Waals surface area contributed by atoms with Crippen molar-refractivity contribution >= 4 is 6.03 Å². The van der Waals surface area contributed by atoms with Gasteiger partial charge in [0.05, 0.1) is 25.5 Å². The van der Waals surface area contributed by atoms with Crippen molar-refractivity contribution in [1.82, 2.24) is 10.6 Å². The fourth-order valence-corrected chi connectivity index (χ4v) is 3.24. The van der Waals surface area contributed by atoms with Crippen LogP contribution in [0.2, 0.25) is 0 Å². The van der Waals surface area contributed by atoms with Crippen molar-refractivity contribution in [3.05, 3.63) is 53.0 Å². The third-order valence-electron chi connectivity index (χ3n) is 4.31. The second-order valence-corrected chi connectivity index (χ2v) is 6.33. The predicted molar refractivity (Wildman–Crippen MR) is 93.8 cm³/mol. The number of methoxy groups -OCH3 is 1. The number of amides is 2. The Balaban J connectivity index is 1.72. The van der Waals surface area contributed by atoms with Crippen molar-refractivity contribution in [1.29, 1.82) is 0 Å². The Labute approximate surface area is 147 Å². The molecule has 6 nitrogen and oxygen atoms in total. The van der Waals surface area contributed by atoms with Gasteiger partial charge in [0.25, 0.3) is 0 Å². The molecule has 1 aliphatic rings. The van der Waals surface area contributed by atoms with Crippen molar-refractivity contribution in [3.8, 4) is 5.75 Å². The molecule has 0 fully saturated rings. The van der Waals surface area contributed by atoms with Gasteiger partial charge in [-0.15, -0.1) is 0 Å². The molecular formula is C19H24N2O4. The summed E-state index contributed by atoms with van der Waals surface area (Å²) in [5.41, 5.74) is 3.27. The Bertz CT molecular complexity index is 727. The van der Waals surface area contributed by atoms with Gasteiger partial charge < -0.3 is 24.5 Å². The Morgan fingerprint density at radius 1 is 1.40 bits per heavy atom. The van der Waals surface area contributed by atoms with Gasteiger partial charge in [-0.25, -0.2) is 4.79 Å².